The molecule has 3 aromatic carbocycles. The van der Waals surface area contributed by atoms with Crippen LogP contribution in [0.3, 0.4) is 0 Å². The molecule has 0 unspecified atom stereocenters. The highest BCUT2D eigenvalue weighted by molar-refractivity contribution is 6.61. The fourth-order valence-electron chi connectivity index (χ4n) is 2.63. The van der Waals surface area contributed by atoms with Crippen LogP contribution in [0.25, 0.3) is 22.3 Å². The molecule has 0 saturated carbocycles. The Hall–Kier alpha value is -2.56. The molecule has 0 heterocycles. The lowest BCUT2D eigenvalue weighted by Gasteiger charge is -2.16. The summed E-state index contributed by atoms with van der Waals surface area (Å²) in [5.41, 5.74) is 10.7. The molecule has 0 bridgehead atoms. The maximum atomic E-state index is 9.51. The van der Waals surface area contributed by atoms with Gasteiger partial charge in [0.1, 0.15) is 0 Å². The Balaban J connectivity index is 2.29. The van der Waals surface area contributed by atoms with Crippen molar-refractivity contribution in [2.24, 2.45) is 0 Å². The summed E-state index contributed by atoms with van der Waals surface area (Å²) < 4.78 is 0. The van der Waals surface area contributed by atoms with Gasteiger partial charge < -0.3 is 15.8 Å². The van der Waals surface area contributed by atoms with Gasteiger partial charge in [0.2, 0.25) is 0 Å². The highest BCUT2D eigenvalue weighted by atomic mass is 16.4. The molecule has 4 heteroatoms. The molecular formula is C18H16BNO2. The van der Waals surface area contributed by atoms with Crippen molar-refractivity contribution in [3.8, 4) is 22.3 Å². The molecule has 3 nitrogen and oxygen atoms in total. The first kappa shape index (κ1) is 14.4. The van der Waals surface area contributed by atoms with E-state index in [9.17, 15) is 10.0 Å². The lowest BCUT2D eigenvalue weighted by Crippen LogP contribution is -2.32. The van der Waals surface area contributed by atoms with Crippen LogP contribution in [0.1, 0.15) is 0 Å². The summed E-state index contributed by atoms with van der Waals surface area (Å²) in [5, 5.41) is 19.0. The molecule has 0 amide bonds. The van der Waals surface area contributed by atoms with E-state index in [2.05, 4.69) is 0 Å². The van der Waals surface area contributed by atoms with E-state index in [4.69, 9.17) is 5.73 Å². The summed E-state index contributed by atoms with van der Waals surface area (Å²) in [5.74, 6) is 0. The molecule has 0 aliphatic heterocycles. The van der Waals surface area contributed by atoms with Crippen molar-refractivity contribution in [2.75, 3.05) is 5.73 Å². The van der Waals surface area contributed by atoms with Gasteiger partial charge in [-0.2, -0.15) is 0 Å². The van der Waals surface area contributed by atoms with Gasteiger partial charge in [-0.3, -0.25) is 0 Å². The fraction of sp³-hybridized carbons (Fsp3) is 0. The maximum absolute atomic E-state index is 9.51. The number of benzene rings is 3. The SMILES string of the molecule is Nc1c(B(O)O)ccc(-c2ccccc2)c1-c1ccccc1. The average Bonchev–Trinajstić information content (AvgIpc) is 2.55. The van der Waals surface area contributed by atoms with Gasteiger partial charge in [-0.25, -0.2) is 0 Å². The number of rotatable bonds is 3. The topological polar surface area (TPSA) is 66.5 Å². The summed E-state index contributed by atoms with van der Waals surface area (Å²) in [6.45, 7) is 0. The molecule has 4 N–H and O–H groups in total. The molecule has 0 fully saturated rings. The number of hydrogen-bond donors (Lipinski definition) is 3. The van der Waals surface area contributed by atoms with E-state index in [1.807, 2.05) is 66.7 Å². The van der Waals surface area contributed by atoms with Gasteiger partial charge in [-0.1, -0.05) is 72.8 Å². The van der Waals surface area contributed by atoms with E-state index in [0.29, 0.717) is 11.2 Å². The Morgan fingerprint density at radius 2 is 1.23 bits per heavy atom. The van der Waals surface area contributed by atoms with Crippen LogP contribution in [0.15, 0.2) is 72.8 Å². The Labute approximate surface area is 129 Å². The maximum Gasteiger partial charge on any atom is 0.490 e. The van der Waals surface area contributed by atoms with Gasteiger partial charge in [0.15, 0.2) is 0 Å². The zero-order chi connectivity index (χ0) is 15.5. The van der Waals surface area contributed by atoms with Gasteiger partial charge >= 0.3 is 7.12 Å². The van der Waals surface area contributed by atoms with Crippen LogP contribution in [0.2, 0.25) is 0 Å². The second-order valence-corrected chi connectivity index (χ2v) is 5.10. The highest BCUT2D eigenvalue weighted by Gasteiger charge is 2.20. The third-order valence-electron chi connectivity index (χ3n) is 3.70. The van der Waals surface area contributed by atoms with E-state index >= 15 is 0 Å². The molecule has 0 aromatic heterocycles. The molecular weight excluding hydrogens is 273 g/mol. The van der Waals surface area contributed by atoms with E-state index in [1.54, 1.807) is 6.07 Å². The Morgan fingerprint density at radius 1 is 0.682 bits per heavy atom. The molecule has 0 radical (unpaired) electrons. The van der Waals surface area contributed by atoms with Crippen molar-refractivity contribution in [2.45, 2.75) is 0 Å². The smallest absolute Gasteiger partial charge is 0.423 e. The van der Waals surface area contributed by atoms with Crippen LogP contribution in [0.4, 0.5) is 5.69 Å². The van der Waals surface area contributed by atoms with Crippen molar-refractivity contribution in [1.82, 2.24) is 0 Å². The van der Waals surface area contributed by atoms with E-state index in [-0.39, 0.29) is 0 Å². The van der Waals surface area contributed by atoms with E-state index in [0.717, 1.165) is 22.3 Å². The summed E-state index contributed by atoms with van der Waals surface area (Å²) in [4.78, 5) is 0. The van der Waals surface area contributed by atoms with Gasteiger partial charge in [-0.05, 0) is 16.7 Å². The summed E-state index contributed by atoms with van der Waals surface area (Å²) in [6.07, 6.45) is 0. The highest BCUT2D eigenvalue weighted by Crippen LogP contribution is 2.35. The molecule has 0 atom stereocenters. The summed E-state index contributed by atoms with van der Waals surface area (Å²) >= 11 is 0. The van der Waals surface area contributed by atoms with Crippen molar-refractivity contribution < 1.29 is 10.0 Å². The lowest BCUT2D eigenvalue weighted by atomic mass is 9.75. The molecule has 0 aliphatic rings. The minimum absolute atomic E-state index is 0.318. The second kappa shape index (κ2) is 6.06. The molecule has 3 aromatic rings. The normalized spacial score (nSPS) is 10.5. The standard InChI is InChI=1S/C18H16BNO2/c20-18-16(19(21)22)12-11-15(13-7-3-1-4-8-13)17(18)14-9-5-2-6-10-14/h1-12,21-22H,20H2. The Bertz CT molecular complexity index is 774. The number of hydrogen-bond acceptors (Lipinski definition) is 3. The molecule has 22 heavy (non-hydrogen) atoms. The number of nitrogens with two attached hydrogens (primary N) is 1. The van der Waals surface area contributed by atoms with Gasteiger partial charge in [0.25, 0.3) is 0 Å². The van der Waals surface area contributed by atoms with Gasteiger partial charge in [0.05, 0.1) is 0 Å². The van der Waals surface area contributed by atoms with E-state index in [1.165, 1.54) is 0 Å². The second-order valence-electron chi connectivity index (χ2n) is 5.10. The minimum atomic E-state index is -1.59. The van der Waals surface area contributed by atoms with E-state index < -0.39 is 7.12 Å². The van der Waals surface area contributed by atoms with Crippen molar-refractivity contribution >= 4 is 18.3 Å². The molecule has 3 rings (SSSR count). The Kier molecular flexibility index (Phi) is 3.96. The van der Waals surface area contributed by atoms with Crippen LogP contribution in [0, 0.1) is 0 Å². The largest absolute Gasteiger partial charge is 0.490 e. The molecule has 0 spiro atoms. The summed E-state index contributed by atoms with van der Waals surface area (Å²) in [7, 11) is -1.59. The zero-order valence-corrected chi connectivity index (χ0v) is 12.0. The van der Waals surface area contributed by atoms with Crippen LogP contribution >= 0.6 is 0 Å². The minimum Gasteiger partial charge on any atom is -0.423 e. The van der Waals surface area contributed by atoms with Crippen LogP contribution in [-0.4, -0.2) is 17.2 Å². The van der Waals surface area contributed by atoms with Gasteiger partial charge in [0, 0.05) is 16.7 Å². The zero-order valence-electron chi connectivity index (χ0n) is 12.0. The Morgan fingerprint density at radius 3 is 1.77 bits per heavy atom. The van der Waals surface area contributed by atoms with Crippen molar-refractivity contribution in [3.63, 3.8) is 0 Å². The first-order valence-corrected chi connectivity index (χ1v) is 7.08. The monoisotopic (exact) mass is 289 g/mol. The third kappa shape index (κ3) is 2.62. The summed E-state index contributed by atoms with van der Waals surface area (Å²) in [6, 6.07) is 23.2. The third-order valence-corrected chi connectivity index (χ3v) is 3.70. The predicted octanol–water partition coefficient (Wildman–Crippen LogP) is 2.28. The first-order chi connectivity index (χ1) is 10.7. The quantitative estimate of drug-likeness (QED) is 0.512. The molecule has 0 aliphatic carbocycles. The lowest BCUT2D eigenvalue weighted by molar-refractivity contribution is 0.426. The fourth-order valence-corrected chi connectivity index (χ4v) is 2.63. The number of nitrogen functional groups attached to an aromatic ring is 1. The van der Waals surface area contributed by atoms with Crippen LogP contribution in [0.5, 0.6) is 0 Å². The average molecular weight is 289 g/mol. The number of anilines is 1. The van der Waals surface area contributed by atoms with Crippen LogP contribution < -0.4 is 11.2 Å². The first-order valence-electron chi connectivity index (χ1n) is 7.08. The van der Waals surface area contributed by atoms with Crippen molar-refractivity contribution in [1.29, 1.82) is 0 Å². The van der Waals surface area contributed by atoms with Crippen LogP contribution in [-0.2, 0) is 0 Å². The molecule has 0 saturated heterocycles. The predicted molar refractivity (Wildman–Crippen MR) is 91.6 cm³/mol. The molecule has 108 valence electrons. The van der Waals surface area contributed by atoms with Gasteiger partial charge in [-0.15, -0.1) is 0 Å². The van der Waals surface area contributed by atoms with Crippen molar-refractivity contribution in [3.05, 3.63) is 72.8 Å².